The Morgan fingerprint density at radius 1 is 1.47 bits per heavy atom. The molecule has 1 rings (SSSR count). The zero-order valence-electron chi connectivity index (χ0n) is 10.9. The molecule has 1 aromatic rings. The normalized spacial score (nSPS) is 11.9. The van der Waals surface area contributed by atoms with E-state index in [9.17, 15) is 9.59 Å². The molecule has 3 N–H and O–H groups in total. The SMILES string of the molecule is CCC(C)N(CC(=O)O)c1ccc(C(N)=O)c(Br)c1. The van der Waals surface area contributed by atoms with E-state index in [4.69, 9.17) is 10.8 Å². The lowest BCUT2D eigenvalue weighted by Crippen LogP contribution is -2.37. The van der Waals surface area contributed by atoms with Gasteiger partial charge in [-0.05, 0) is 47.5 Å². The minimum atomic E-state index is -0.893. The third-order valence-electron chi connectivity index (χ3n) is 2.98. The molecule has 0 heterocycles. The maximum Gasteiger partial charge on any atom is 0.323 e. The van der Waals surface area contributed by atoms with E-state index in [2.05, 4.69) is 15.9 Å². The maximum atomic E-state index is 11.2. The van der Waals surface area contributed by atoms with Crippen LogP contribution in [0.1, 0.15) is 30.6 Å². The van der Waals surface area contributed by atoms with Gasteiger partial charge in [-0.15, -0.1) is 0 Å². The van der Waals surface area contributed by atoms with E-state index in [-0.39, 0.29) is 12.6 Å². The monoisotopic (exact) mass is 328 g/mol. The summed E-state index contributed by atoms with van der Waals surface area (Å²) in [4.78, 5) is 23.9. The highest BCUT2D eigenvalue weighted by Gasteiger charge is 2.17. The Morgan fingerprint density at radius 3 is 2.53 bits per heavy atom. The Labute approximate surface area is 120 Å². The van der Waals surface area contributed by atoms with E-state index in [1.165, 1.54) is 0 Å². The van der Waals surface area contributed by atoms with Crippen LogP contribution in [0.25, 0.3) is 0 Å². The summed E-state index contributed by atoms with van der Waals surface area (Å²) in [6.45, 7) is 3.86. The average molecular weight is 329 g/mol. The number of nitrogens with two attached hydrogens (primary N) is 1. The molecule has 0 radical (unpaired) electrons. The van der Waals surface area contributed by atoms with Crippen molar-refractivity contribution in [2.45, 2.75) is 26.3 Å². The molecule has 1 aromatic carbocycles. The van der Waals surface area contributed by atoms with E-state index >= 15 is 0 Å². The molecule has 1 unspecified atom stereocenters. The molecule has 0 spiro atoms. The fourth-order valence-corrected chi connectivity index (χ4v) is 2.31. The highest BCUT2D eigenvalue weighted by atomic mass is 79.9. The standard InChI is InChI=1S/C13H17BrN2O3/c1-3-8(2)16(7-12(17)18)9-4-5-10(13(15)19)11(14)6-9/h4-6,8H,3,7H2,1-2H3,(H2,15,19)(H,17,18). The van der Waals surface area contributed by atoms with Crippen LogP contribution >= 0.6 is 15.9 Å². The highest BCUT2D eigenvalue weighted by molar-refractivity contribution is 9.10. The third kappa shape index (κ3) is 3.96. The average Bonchev–Trinajstić information content (AvgIpc) is 2.34. The van der Waals surface area contributed by atoms with Gasteiger partial charge in [-0.25, -0.2) is 0 Å². The van der Waals surface area contributed by atoms with E-state index in [1.54, 1.807) is 23.1 Å². The predicted molar refractivity (Wildman–Crippen MR) is 77.4 cm³/mol. The third-order valence-corrected chi connectivity index (χ3v) is 3.63. The second kappa shape index (κ2) is 6.56. The van der Waals surface area contributed by atoms with Crippen molar-refractivity contribution in [1.29, 1.82) is 0 Å². The Balaban J connectivity index is 3.12. The summed E-state index contributed by atoms with van der Waals surface area (Å²) < 4.78 is 0.566. The number of hydrogen-bond acceptors (Lipinski definition) is 3. The van der Waals surface area contributed by atoms with Crippen molar-refractivity contribution in [3.05, 3.63) is 28.2 Å². The van der Waals surface area contributed by atoms with Gasteiger partial charge < -0.3 is 15.7 Å². The van der Waals surface area contributed by atoms with Crippen molar-refractivity contribution in [3.8, 4) is 0 Å². The van der Waals surface area contributed by atoms with Crippen molar-refractivity contribution in [2.75, 3.05) is 11.4 Å². The molecule has 5 nitrogen and oxygen atoms in total. The summed E-state index contributed by atoms with van der Waals surface area (Å²) in [5.74, 6) is -1.41. The fraction of sp³-hybridized carbons (Fsp3) is 0.385. The van der Waals surface area contributed by atoms with Gasteiger partial charge in [0.25, 0.3) is 0 Å². The van der Waals surface area contributed by atoms with Gasteiger partial charge in [-0.2, -0.15) is 0 Å². The van der Waals surface area contributed by atoms with Gasteiger partial charge in [0.15, 0.2) is 0 Å². The first-order chi connectivity index (χ1) is 8.86. The van der Waals surface area contributed by atoms with E-state index in [0.29, 0.717) is 10.0 Å². The molecule has 0 saturated heterocycles. The van der Waals surface area contributed by atoms with Gasteiger partial charge in [-0.1, -0.05) is 6.92 Å². The van der Waals surface area contributed by atoms with Crippen LogP contribution in [0.4, 0.5) is 5.69 Å². The van der Waals surface area contributed by atoms with Crippen LogP contribution < -0.4 is 10.6 Å². The number of amides is 1. The number of benzene rings is 1. The summed E-state index contributed by atoms with van der Waals surface area (Å²) in [6.07, 6.45) is 0.822. The summed E-state index contributed by atoms with van der Waals surface area (Å²) in [5, 5.41) is 8.97. The van der Waals surface area contributed by atoms with Gasteiger partial charge >= 0.3 is 5.97 Å². The smallest absolute Gasteiger partial charge is 0.323 e. The molecular formula is C13H17BrN2O3. The van der Waals surface area contributed by atoms with Crippen LogP contribution in [-0.2, 0) is 4.79 Å². The lowest BCUT2D eigenvalue weighted by Gasteiger charge is -2.29. The number of carbonyl (C=O) groups excluding carboxylic acids is 1. The number of rotatable bonds is 6. The van der Waals surface area contributed by atoms with Gasteiger partial charge in [-0.3, -0.25) is 9.59 Å². The second-order valence-electron chi connectivity index (χ2n) is 4.31. The minimum Gasteiger partial charge on any atom is -0.480 e. The van der Waals surface area contributed by atoms with Crippen LogP contribution in [0.2, 0.25) is 0 Å². The van der Waals surface area contributed by atoms with Crippen molar-refractivity contribution in [3.63, 3.8) is 0 Å². The lowest BCUT2D eigenvalue weighted by atomic mass is 10.1. The Hall–Kier alpha value is -1.56. The molecule has 0 saturated carbocycles. The largest absolute Gasteiger partial charge is 0.480 e. The first-order valence-electron chi connectivity index (χ1n) is 5.94. The number of carbonyl (C=O) groups is 2. The van der Waals surface area contributed by atoms with Crippen LogP contribution in [0, 0.1) is 0 Å². The molecular weight excluding hydrogens is 312 g/mol. The van der Waals surface area contributed by atoms with Crippen LogP contribution in [-0.4, -0.2) is 29.6 Å². The fourth-order valence-electron chi connectivity index (χ4n) is 1.75. The number of halogens is 1. The molecule has 19 heavy (non-hydrogen) atoms. The quantitative estimate of drug-likeness (QED) is 0.838. The van der Waals surface area contributed by atoms with E-state index in [1.807, 2.05) is 13.8 Å². The summed E-state index contributed by atoms with van der Waals surface area (Å²) in [7, 11) is 0. The number of anilines is 1. The summed E-state index contributed by atoms with van der Waals surface area (Å²) in [6, 6.07) is 5.11. The van der Waals surface area contributed by atoms with Crippen LogP contribution in [0.3, 0.4) is 0 Å². The molecule has 0 aliphatic carbocycles. The van der Waals surface area contributed by atoms with Crippen LogP contribution in [0.5, 0.6) is 0 Å². The van der Waals surface area contributed by atoms with Gasteiger partial charge in [0, 0.05) is 16.2 Å². The number of carboxylic acids is 1. The van der Waals surface area contributed by atoms with Crippen LogP contribution in [0.15, 0.2) is 22.7 Å². The number of nitrogens with zero attached hydrogens (tertiary/aromatic N) is 1. The number of hydrogen-bond donors (Lipinski definition) is 2. The second-order valence-corrected chi connectivity index (χ2v) is 5.16. The lowest BCUT2D eigenvalue weighted by molar-refractivity contribution is -0.135. The molecule has 0 aromatic heterocycles. The van der Waals surface area contributed by atoms with E-state index in [0.717, 1.165) is 12.1 Å². The molecule has 1 atom stereocenters. The summed E-state index contributed by atoms with van der Waals surface area (Å²) in [5.41, 5.74) is 6.35. The molecule has 0 fully saturated rings. The molecule has 1 amide bonds. The first kappa shape index (κ1) is 15.5. The predicted octanol–water partition coefficient (Wildman–Crippen LogP) is 2.24. The number of aliphatic carboxylic acids is 1. The Morgan fingerprint density at radius 2 is 2.11 bits per heavy atom. The highest BCUT2D eigenvalue weighted by Crippen LogP contribution is 2.25. The molecule has 0 aliphatic rings. The Bertz CT molecular complexity index is 491. The summed E-state index contributed by atoms with van der Waals surface area (Å²) >= 11 is 3.28. The zero-order valence-corrected chi connectivity index (χ0v) is 12.5. The van der Waals surface area contributed by atoms with Gasteiger partial charge in [0.2, 0.25) is 5.91 Å². The first-order valence-corrected chi connectivity index (χ1v) is 6.73. The van der Waals surface area contributed by atoms with Crippen molar-refractivity contribution in [2.24, 2.45) is 5.73 Å². The van der Waals surface area contributed by atoms with Crippen molar-refractivity contribution < 1.29 is 14.7 Å². The minimum absolute atomic E-state index is 0.0856. The van der Waals surface area contributed by atoms with Gasteiger partial charge in [0.05, 0.1) is 5.56 Å². The molecule has 0 bridgehead atoms. The topological polar surface area (TPSA) is 83.6 Å². The van der Waals surface area contributed by atoms with Crippen molar-refractivity contribution >= 4 is 33.5 Å². The zero-order chi connectivity index (χ0) is 14.6. The molecule has 0 aliphatic heterocycles. The molecule has 104 valence electrons. The van der Waals surface area contributed by atoms with Gasteiger partial charge in [0.1, 0.15) is 6.54 Å². The van der Waals surface area contributed by atoms with Crippen molar-refractivity contribution in [1.82, 2.24) is 0 Å². The maximum absolute atomic E-state index is 11.2. The molecule has 6 heteroatoms. The number of carboxylic acid groups (broad SMARTS) is 1. The number of primary amides is 1. The Kier molecular flexibility index (Phi) is 5.35. The van der Waals surface area contributed by atoms with E-state index < -0.39 is 11.9 Å².